The number of carbonyl (C=O) groups excluding carboxylic acids is 4. The van der Waals surface area contributed by atoms with Gasteiger partial charge in [-0.05, 0) is 51.4 Å². The van der Waals surface area contributed by atoms with Crippen molar-refractivity contribution in [1.82, 2.24) is 4.90 Å². The molecule has 2 aromatic rings. The van der Waals surface area contributed by atoms with Crippen LogP contribution in [0.25, 0.3) is 0 Å². The third-order valence-corrected chi connectivity index (χ3v) is 10.2. The van der Waals surface area contributed by atoms with E-state index in [1.807, 2.05) is 13.1 Å². The summed E-state index contributed by atoms with van der Waals surface area (Å²) in [6.45, 7) is 2.58. The van der Waals surface area contributed by atoms with Gasteiger partial charge in [-0.1, -0.05) is 42.5 Å². The second-order valence-electron chi connectivity index (χ2n) is 13.2. The van der Waals surface area contributed by atoms with Crippen molar-refractivity contribution in [2.24, 2.45) is 0 Å². The molecule has 0 amide bonds. The second kappa shape index (κ2) is 13.5. The Morgan fingerprint density at radius 3 is 2.46 bits per heavy atom. The van der Waals surface area contributed by atoms with Crippen molar-refractivity contribution < 1.29 is 63.0 Å². The summed E-state index contributed by atoms with van der Waals surface area (Å²) in [4.78, 5) is 65.4. The molecule has 2 aliphatic carbocycles. The van der Waals surface area contributed by atoms with Crippen molar-refractivity contribution in [3.63, 3.8) is 0 Å². The molecular weight excluding hydrogens is 654 g/mol. The number of hydrogen-bond donors (Lipinski definition) is 3. The minimum atomic E-state index is -1.85. The fourth-order valence-electron chi connectivity index (χ4n) is 7.94. The zero-order chi connectivity index (χ0) is 36.0. The molecule has 14 nitrogen and oxygen atoms in total. The number of ether oxygens (including phenoxy) is 5. The summed E-state index contributed by atoms with van der Waals surface area (Å²) < 4.78 is 27.9. The van der Waals surface area contributed by atoms with Gasteiger partial charge in [0.2, 0.25) is 12.2 Å². The van der Waals surface area contributed by atoms with Crippen LogP contribution in [0.1, 0.15) is 67.9 Å². The van der Waals surface area contributed by atoms with E-state index < -0.39 is 71.7 Å². The second-order valence-corrected chi connectivity index (χ2v) is 13.2. The number of carboxylic acids is 1. The molecule has 2 heterocycles. The Kier molecular flexibility index (Phi) is 9.46. The third kappa shape index (κ3) is 5.90. The lowest BCUT2D eigenvalue weighted by atomic mass is 9.52. The van der Waals surface area contributed by atoms with Gasteiger partial charge in [-0.15, -0.1) is 0 Å². The molecule has 1 saturated heterocycles. The summed E-state index contributed by atoms with van der Waals surface area (Å²) in [5, 5.41) is 31.9. The molecule has 0 saturated carbocycles. The molecule has 6 rings (SSSR count). The van der Waals surface area contributed by atoms with Gasteiger partial charge >= 0.3 is 29.8 Å². The van der Waals surface area contributed by atoms with Crippen LogP contribution in [-0.2, 0) is 61.4 Å². The molecule has 14 heteroatoms. The first-order chi connectivity index (χ1) is 23.8. The van der Waals surface area contributed by atoms with Crippen LogP contribution in [-0.4, -0.2) is 93.6 Å². The molecule has 266 valence electrons. The smallest absolute Gasteiger partial charge is 0.353 e. The quantitative estimate of drug-likeness (QED) is 0.228. The van der Waals surface area contributed by atoms with Crippen molar-refractivity contribution in [3.8, 4) is 5.75 Å². The number of benzene rings is 2. The lowest BCUT2D eigenvalue weighted by Gasteiger charge is -2.56. The summed E-state index contributed by atoms with van der Waals surface area (Å²) in [5.41, 5.74) is 0.198. The number of hydrogen-bond acceptors (Lipinski definition) is 13. The minimum absolute atomic E-state index is 0.110. The number of esters is 4. The van der Waals surface area contributed by atoms with E-state index in [9.17, 15) is 39.3 Å². The molecular formula is C36H39NO13. The summed E-state index contributed by atoms with van der Waals surface area (Å²) in [5.74, 6) is -5.24. The zero-order valence-corrected chi connectivity index (χ0v) is 27.8. The Balaban J connectivity index is 1.26. The maximum absolute atomic E-state index is 13.6. The molecule has 2 aromatic carbocycles. The monoisotopic (exact) mass is 693 g/mol. The summed E-state index contributed by atoms with van der Waals surface area (Å²) in [7, 11) is 1.97. The number of aliphatic hydroxyl groups is 2. The number of rotatable bonds is 11. The van der Waals surface area contributed by atoms with Gasteiger partial charge in [-0.25, -0.2) is 14.4 Å². The number of likely N-dealkylation sites (N-methyl/N-ethyl adjacent to an activating group) is 1. The van der Waals surface area contributed by atoms with Gasteiger partial charge in [0, 0.05) is 36.1 Å². The van der Waals surface area contributed by atoms with E-state index >= 15 is 0 Å². The van der Waals surface area contributed by atoms with Crippen LogP contribution in [0, 0.1) is 0 Å². The molecule has 1 fully saturated rings. The van der Waals surface area contributed by atoms with Crippen LogP contribution in [0.5, 0.6) is 5.75 Å². The Bertz CT molecular complexity index is 1740. The van der Waals surface area contributed by atoms with Crippen LogP contribution in [0.2, 0.25) is 0 Å². The number of carboxylic acid groups (broad SMARTS) is 1. The SMILES string of the molecule is CC(=O)O[C@@H](CC(=O)OC1=CC[C@@]2(O)[C@H]3Cc4ccc(CO)c5c4[C@@]2(CCCN3C)[C@H]1O5)C(=O)O[C@H](C(=O)O[C@@H](C)C(=O)O)c1ccccc1. The van der Waals surface area contributed by atoms with E-state index in [0.29, 0.717) is 24.2 Å². The number of aliphatic hydroxyl groups excluding tert-OH is 1. The van der Waals surface area contributed by atoms with Crippen molar-refractivity contribution in [1.29, 1.82) is 0 Å². The Morgan fingerprint density at radius 1 is 1.04 bits per heavy atom. The predicted octanol–water partition coefficient (Wildman–Crippen LogP) is 2.01. The third-order valence-electron chi connectivity index (χ3n) is 10.2. The fourth-order valence-corrected chi connectivity index (χ4v) is 7.94. The Labute approximate surface area is 287 Å². The first-order valence-corrected chi connectivity index (χ1v) is 16.4. The first-order valence-electron chi connectivity index (χ1n) is 16.4. The molecule has 1 spiro atoms. The van der Waals surface area contributed by atoms with Gasteiger partial charge in [0.05, 0.1) is 24.0 Å². The average molecular weight is 694 g/mol. The van der Waals surface area contributed by atoms with E-state index in [1.54, 1.807) is 30.3 Å². The maximum Gasteiger partial charge on any atom is 0.353 e. The lowest BCUT2D eigenvalue weighted by molar-refractivity contribution is -0.184. The topological polar surface area (TPSA) is 195 Å². The summed E-state index contributed by atoms with van der Waals surface area (Å²) in [6.07, 6.45) is -3.37. The van der Waals surface area contributed by atoms with Gasteiger partial charge < -0.3 is 43.9 Å². The highest BCUT2D eigenvalue weighted by molar-refractivity contribution is 5.88. The van der Waals surface area contributed by atoms with E-state index in [1.165, 1.54) is 12.1 Å². The van der Waals surface area contributed by atoms with Crippen molar-refractivity contribution >= 4 is 29.8 Å². The number of carbonyl (C=O) groups is 5. The number of aliphatic carboxylic acids is 1. The fraction of sp³-hybridized carbons (Fsp3) is 0.472. The van der Waals surface area contributed by atoms with Crippen molar-refractivity contribution in [2.45, 2.75) is 94.0 Å². The largest absolute Gasteiger partial charge is 0.481 e. The number of nitrogens with zero attached hydrogens (tertiary/aromatic N) is 1. The molecule has 50 heavy (non-hydrogen) atoms. The zero-order valence-electron chi connectivity index (χ0n) is 27.8. The van der Waals surface area contributed by atoms with E-state index in [-0.39, 0.29) is 30.4 Å². The standard InChI is InChI=1S/C36H39NO13/c1-19(32(41)42)46-34(44)30(21-8-5-4-6-9-21)50-33(43)25(47-20(2)39)17-27(40)48-24-12-14-36(45)26-16-22-10-11-23(18-38)29-28(22)35(36,31(24)49-29)13-7-15-37(26)3/h4-6,8-12,19,25-26,30-31,38,45H,7,13-18H2,1-3H3,(H,41,42)/t19-,25-,26+,30-,31-,35-,36+/m0/s1. The summed E-state index contributed by atoms with van der Waals surface area (Å²) in [6, 6.07) is 11.1. The number of likely N-dealkylation sites (tertiary alicyclic amines) is 1. The highest BCUT2D eigenvalue weighted by atomic mass is 16.6. The maximum atomic E-state index is 13.6. The Morgan fingerprint density at radius 2 is 1.78 bits per heavy atom. The van der Waals surface area contributed by atoms with Gasteiger partial charge in [0.25, 0.3) is 0 Å². The first kappa shape index (κ1) is 35.1. The van der Waals surface area contributed by atoms with Crippen LogP contribution in [0.4, 0.5) is 0 Å². The average Bonchev–Trinajstić information content (AvgIpc) is 3.42. The van der Waals surface area contributed by atoms with Gasteiger partial charge in [-0.2, -0.15) is 0 Å². The van der Waals surface area contributed by atoms with Crippen molar-refractivity contribution in [3.05, 3.63) is 76.6 Å². The van der Waals surface area contributed by atoms with E-state index in [2.05, 4.69) is 4.90 Å². The van der Waals surface area contributed by atoms with Gasteiger partial charge in [0.15, 0.2) is 12.2 Å². The summed E-state index contributed by atoms with van der Waals surface area (Å²) >= 11 is 0. The highest BCUT2D eigenvalue weighted by Crippen LogP contribution is 2.64. The molecule has 0 aromatic heterocycles. The van der Waals surface area contributed by atoms with E-state index in [0.717, 1.165) is 37.9 Å². The molecule has 0 unspecified atom stereocenters. The molecule has 7 atom stereocenters. The van der Waals surface area contributed by atoms with Crippen LogP contribution >= 0.6 is 0 Å². The predicted molar refractivity (Wildman–Crippen MR) is 170 cm³/mol. The molecule has 2 aliphatic heterocycles. The normalized spacial score (nSPS) is 26.5. The Hall–Kier alpha value is -4.79. The van der Waals surface area contributed by atoms with Gasteiger partial charge in [0.1, 0.15) is 11.5 Å². The van der Waals surface area contributed by atoms with Crippen molar-refractivity contribution in [2.75, 3.05) is 13.6 Å². The molecule has 4 aliphatic rings. The van der Waals surface area contributed by atoms with E-state index in [4.69, 9.17) is 23.7 Å². The molecule has 2 bridgehead atoms. The van der Waals surface area contributed by atoms with Gasteiger partial charge in [-0.3, -0.25) is 9.59 Å². The molecule has 0 radical (unpaired) electrons. The van der Waals surface area contributed by atoms with Crippen LogP contribution in [0.15, 0.2) is 54.3 Å². The highest BCUT2D eigenvalue weighted by Gasteiger charge is 2.70. The van der Waals surface area contributed by atoms with Crippen LogP contribution in [0.3, 0.4) is 0 Å². The molecule has 3 N–H and O–H groups in total. The minimum Gasteiger partial charge on any atom is -0.481 e. The van der Waals surface area contributed by atoms with Crippen LogP contribution < -0.4 is 4.74 Å². The lowest BCUT2D eigenvalue weighted by Crippen LogP contribution is -2.69.